The van der Waals surface area contributed by atoms with Gasteiger partial charge in [0.15, 0.2) is 0 Å². The van der Waals surface area contributed by atoms with Crippen LogP contribution in [0.3, 0.4) is 0 Å². The third-order valence-electron chi connectivity index (χ3n) is 4.64. The number of benzene rings is 1. The normalized spacial score (nSPS) is 29.2. The molecule has 2 heterocycles. The first-order chi connectivity index (χ1) is 9.48. The molecule has 0 bridgehead atoms. The minimum atomic E-state index is 0.170. The molecule has 0 aliphatic carbocycles. The first kappa shape index (κ1) is 13.9. The fourth-order valence-corrected chi connectivity index (χ4v) is 3.51. The number of nitrogens with zero attached hydrogens (tertiary/aromatic N) is 1. The van der Waals surface area contributed by atoms with Gasteiger partial charge < -0.3 is 10.1 Å². The van der Waals surface area contributed by atoms with E-state index in [1.807, 2.05) is 0 Å². The van der Waals surface area contributed by atoms with Gasteiger partial charge in [-0.25, -0.2) is 0 Å². The molecule has 20 heavy (non-hydrogen) atoms. The van der Waals surface area contributed by atoms with Gasteiger partial charge in [-0.15, -0.1) is 0 Å². The van der Waals surface area contributed by atoms with Gasteiger partial charge in [-0.1, -0.05) is 32.0 Å². The van der Waals surface area contributed by atoms with Crippen LogP contribution in [0.15, 0.2) is 24.3 Å². The number of fused-ring (bicyclic) bond motifs is 1. The lowest BCUT2D eigenvalue weighted by molar-refractivity contribution is 0.0236. The van der Waals surface area contributed by atoms with Crippen molar-refractivity contribution in [3.8, 4) is 5.75 Å². The van der Waals surface area contributed by atoms with Crippen LogP contribution in [0.5, 0.6) is 5.75 Å². The molecule has 1 N–H and O–H groups in total. The van der Waals surface area contributed by atoms with E-state index in [0.29, 0.717) is 18.0 Å². The zero-order valence-corrected chi connectivity index (χ0v) is 13.0. The van der Waals surface area contributed by atoms with Crippen molar-refractivity contribution < 1.29 is 4.74 Å². The molecule has 2 atom stereocenters. The Bertz CT molecular complexity index is 484. The van der Waals surface area contributed by atoms with Crippen LogP contribution < -0.4 is 10.1 Å². The monoisotopic (exact) mass is 274 g/mol. The topological polar surface area (TPSA) is 24.5 Å². The fraction of sp³-hybridized carbons (Fsp3) is 0.647. The molecule has 0 saturated carbocycles. The molecule has 3 nitrogen and oxygen atoms in total. The molecule has 3 rings (SSSR count). The Balaban J connectivity index is 1.90. The number of para-hydroxylation sites is 1. The average molecular weight is 274 g/mol. The van der Waals surface area contributed by atoms with Crippen molar-refractivity contribution in [3.63, 3.8) is 0 Å². The van der Waals surface area contributed by atoms with Crippen molar-refractivity contribution in [3.05, 3.63) is 29.8 Å². The molecule has 3 heteroatoms. The fourth-order valence-electron chi connectivity index (χ4n) is 3.51. The Kier molecular flexibility index (Phi) is 3.51. The molecule has 0 spiro atoms. The summed E-state index contributed by atoms with van der Waals surface area (Å²) >= 11 is 0. The highest BCUT2D eigenvalue weighted by Gasteiger charge is 2.40. The third-order valence-corrected chi connectivity index (χ3v) is 4.64. The van der Waals surface area contributed by atoms with Crippen molar-refractivity contribution in [1.29, 1.82) is 0 Å². The van der Waals surface area contributed by atoms with Gasteiger partial charge in [0.1, 0.15) is 12.4 Å². The van der Waals surface area contributed by atoms with E-state index in [1.54, 1.807) is 0 Å². The summed E-state index contributed by atoms with van der Waals surface area (Å²) in [6.45, 7) is 12.1. The van der Waals surface area contributed by atoms with Gasteiger partial charge >= 0.3 is 0 Å². The lowest BCUT2D eigenvalue weighted by Gasteiger charge is -2.48. The summed E-state index contributed by atoms with van der Waals surface area (Å²) in [5, 5.41) is 3.68. The maximum atomic E-state index is 5.90. The van der Waals surface area contributed by atoms with E-state index in [2.05, 4.69) is 62.2 Å². The summed E-state index contributed by atoms with van der Waals surface area (Å²) < 4.78 is 5.90. The van der Waals surface area contributed by atoms with E-state index in [1.165, 1.54) is 5.56 Å². The molecule has 110 valence electrons. The molecule has 2 unspecified atom stereocenters. The van der Waals surface area contributed by atoms with E-state index in [9.17, 15) is 0 Å². The molecule has 0 aromatic heterocycles. The number of rotatable bonds is 2. The minimum Gasteiger partial charge on any atom is -0.491 e. The van der Waals surface area contributed by atoms with E-state index in [0.717, 1.165) is 25.4 Å². The Morgan fingerprint density at radius 1 is 1.30 bits per heavy atom. The van der Waals surface area contributed by atoms with Crippen molar-refractivity contribution in [2.75, 3.05) is 19.7 Å². The van der Waals surface area contributed by atoms with E-state index in [-0.39, 0.29) is 5.54 Å². The quantitative estimate of drug-likeness (QED) is 0.897. The largest absolute Gasteiger partial charge is 0.491 e. The average Bonchev–Trinajstić information content (AvgIpc) is 2.80. The minimum absolute atomic E-state index is 0.170. The van der Waals surface area contributed by atoms with Crippen LogP contribution in [0.1, 0.15) is 39.3 Å². The highest BCUT2D eigenvalue weighted by atomic mass is 16.5. The van der Waals surface area contributed by atoms with Crippen molar-refractivity contribution in [2.24, 2.45) is 5.92 Å². The van der Waals surface area contributed by atoms with Gasteiger partial charge in [-0.2, -0.15) is 0 Å². The molecule has 1 fully saturated rings. The van der Waals surface area contributed by atoms with Crippen LogP contribution in [0, 0.1) is 5.92 Å². The van der Waals surface area contributed by atoms with Crippen LogP contribution in [0.25, 0.3) is 0 Å². The standard InChI is InChI=1S/C17H26N2O/c1-12(2)14-9-18-17(3,4)11-19(14)15-10-20-16-8-6-5-7-13(15)16/h5-8,12,14-15,18H,9-11H2,1-4H3. The second-order valence-corrected chi connectivity index (χ2v) is 7.11. The number of nitrogens with one attached hydrogen (secondary N) is 1. The number of hydrogen-bond acceptors (Lipinski definition) is 3. The summed E-state index contributed by atoms with van der Waals surface area (Å²) in [6, 6.07) is 9.47. The summed E-state index contributed by atoms with van der Waals surface area (Å²) in [4.78, 5) is 2.66. The number of piperazine rings is 1. The molecule has 2 aliphatic rings. The highest BCUT2D eigenvalue weighted by Crippen LogP contribution is 2.39. The molecule has 1 aromatic rings. The highest BCUT2D eigenvalue weighted by molar-refractivity contribution is 5.39. The van der Waals surface area contributed by atoms with Gasteiger partial charge in [0.25, 0.3) is 0 Å². The summed E-state index contributed by atoms with van der Waals surface area (Å²) in [6.07, 6.45) is 0. The lowest BCUT2D eigenvalue weighted by atomic mass is 9.90. The predicted molar refractivity (Wildman–Crippen MR) is 82.1 cm³/mol. The van der Waals surface area contributed by atoms with Crippen LogP contribution in [-0.2, 0) is 0 Å². The van der Waals surface area contributed by atoms with Crippen LogP contribution in [0.4, 0.5) is 0 Å². The van der Waals surface area contributed by atoms with Crippen LogP contribution in [-0.4, -0.2) is 36.2 Å². The van der Waals surface area contributed by atoms with Crippen molar-refractivity contribution in [1.82, 2.24) is 10.2 Å². The molecule has 0 radical (unpaired) electrons. The predicted octanol–water partition coefficient (Wildman–Crippen LogP) is 2.83. The van der Waals surface area contributed by atoms with E-state index >= 15 is 0 Å². The van der Waals surface area contributed by atoms with E-state index in [4.69, 9.17) is 4.74 Å². The Hall–Kier alpha value is -1.06. The summed E-state index contributed by atoms with van der Waals surface area (Å²) in [7, 11) is 0. The Morgan fingerprint density at radius 2 is 2.05 bits per heavy atom. The molecule has 2 aliphatic heterocycles. The molecule has 1 aromatic carbocycles. The number of hydrogen-bond donors (Lipinski definition) is 1. The molecule has 1 saturated heterocycles. The third kappa shape index (κ3) is 2.45. The van der Waals surface area contributed by atoms with Crippen LogP contribution >= 0.6 is 0 Å². The smallest absolute Gasteiger partial charge is 0.124 e. The van der Waals surface area contributed by atoms with Gasteiger partial charge in [0, 0.05) is 30.2 Å². The molecule has 0 amide bonds. The zero-order chi connectivity index (χ0) is 14.3. The zero-order valence-electron chi connectivity index (χ0n) is 13.0. The van der Waals surface area contributed by atoms with Crippen LogP contribution in [0.2, 0.25) is 0 Å². The second kappa shape index (κ2) is 5.05. The number of ether oxygens (including phenoxy) is 1. The van der Waals surface area contributed by atoms with E-state index < -0.39 is 0 Å². The second-order valence-electron chi connectivity index (χ2n) is 7.11. The van der Waals surface area contributed by atoms with Crippen molar-refractivity contribution >= 4 is 0 Å². The van der Waals surface area contributed by atoms with Gasteiger partial charge in [-0.05, 0) is 25.8 Å². The first-order valence-corrected chi connectivity index (χ1v) is 7.70. The SMILES string of the molecule is CC(C)C1CNC(C)(C)CN1C1COc2ccccc21. The van der Waals surface area contributed by atoms with Gasteiger partial charge in [-0.3, -0.25) is 4.90 Å². The maximum Gasteiger partial charge on any atom is 0.124 e. The van der Waals surface area contributed by atoms with Crippen molar-refractivity contribution in [2.45, 2.75) is 45.3 Å². The summed E-state index contributed by atoms with van der Waals surface area (Å²) in [5.41, 5.74) is 1.53. The van der Waals surface area contributed by atoms with Gasteiger partial charge in [0.2, 0.25) is 0 Å². The summed E-state index contributed by atoms with van der Waals surface area (Å²) in [5.74, 6) is 1.71. The Labute approximate surface area is 122 Å². The van der Waals surface area contributed by atoms with Gasteiger partial charge in [0.05, 0.1) is 6.04 Å². The maximum absolute atomic E-state index is 5.90. The first-order valence-electron chi connectivity index (χ1n) is 7.70. The lowest BCUT2D eigenvalue weighted by Crippen LogP contribution is -2.63. The Morgan fingerprint density at radius 3 is 2.80 bits per heavy atom. The molecular formula is C17H26N2O. The molecular weight excluding hydrogens is 248 g/mol.